The quantitative estimate of drug-likeness (QED) is 0.255. The lowest BCUT2D eigenvalue weighted by Gasteiger charge is -2.33. The minimum absolute atomic E-state index is 0.0552. The van der Waals surface area contributed by atoms with Crippen molar-refractivity contribution in [2.45, 2.75) is 37.8 Å². The first-order valence-corrected chi connectivity index (χ1v) is 14.3. The fraction of sp³-hybridized carbons (Fsp3) is 0.276. The molecule has 0 bridgehead atoms. The smallest absolute Gasteiger partial charge is 0.243 e. The molecule has 4 rings (SSSR count). The van der Waals surface area contributed by atoms with Gasteiger partial charge in [-0.3, -0.25) is 0 Å². The summed E-state index contributed by atoms with van der Waals surface area (Å²) in [7, 11) is -3.81. The molecule has 194 valence electrons. The molecule has 0 aliphatic carbocycles. The number of nitrogens with zero attached hydrogens (tertiary/aromatic N) is 3. The highest BCUT2D eigenvalue weighted by molar-refractivity contribution is 7.89. The van der Waals surface area contributed by atoms with Gasteiger partial charge in [0.15, 0.2) is 0 Å². The Morgan fingerprint density at radius 2 is 1.65 bits per heavy atom. The number of hydrogen-bond donors (Lipinski definition) is 1. The predicted molar refractivity (Wildman–Crippen MR) is 150 cm³/mol. The molecule has 0 radical (unpaired) electrons. The van der Waals surface area contributed by atoms with Crippen LogP contribution in [0.15, 0.2) is 96.0 Å². The second-order valence-corrected chi connectivity index (χ2v) is 11.7. The van der Waals surface area contributed by atoms with Gasteiger partial charge in [-0.25, -0.2) is 13.4 Å². The molecule has 1 aromatic heterocycles. The van der Waals surface area contributed by atoms with Crippen molar-refractivity contribution in [1.29, 1.82) is 0 Å². The van der Waals surface area contributed by atoms with Crippen molar-refractivity contribution in [2.24, 2.45) is 11.7 Å². The van der Waals surface area contributed by atoms with E-state index in [9.17, 15) is 8.42 Å². The van der Waals surface area contributed by atoms with Crippen LogP contribution in [0.4, 0.5) is 0 Å². The summed E-state index contributed by atoms with van der Waals surface area (Å²) in [6.07, 6.45) is 2.52. The topological polar surface area (TPSA) is 81.2 Å². The summed E-state index contributed by atoms with van der Waals surface area (Å²) < 4.78 is 31.6. The molecule has 6 nitrogen and oxygen atoms in total. The normalized spacial score (nSPS) is 12.8. The van der Waals surface area contributed by atoms with Crippen LogP contribution in [-0.2, 0) is 16.6 Å². The van der Waals surface area contributed by atoms with Gasteiger partial charge in [-0.15, -0.1) is 0 Å². The van der Waals surface area contributed by atoms with E-state index in [2.05, 4.69) is 16.7 Å². The van der Waals surface area contributed by atoms with Crippen LogP contribution >= 0.6 is 11.6 Å². The third-order valence-corrected chi connectivity index (χ3v) is 8.39. The Labute approximate surface area is 224 Å². The largest absolute Gasteiger partial charge is 0.330 e. The van der Waals surface area contributed by atoms with E-state index in [-0.39, 0.29) is 10.8 Å². The summed E-state index contributed by atoms with van der Waals surface area (Å²) in [5.74, 6) is 0.630. The van der Waals surface area contributed by atoms with E-state index in [4.69, 9.17) is 22.3 Å². The summed E-state index contributed by atoms with van der Waals surface area (Å²) >= 11 is 6.29. The average Bonchev–Trinajstić information content (AvgIpc) is 3.30. The van der Waals surface area contributed by atoms with Crippen LogP contribution in [0.2, 0.25) is 5.02 Å². The molecule has 0 aliphatic rings. The van der Waals surface area contributed by atoms with Crippen molar-refractivity contribution in [3.8, 4) is 11.3 Å². The van der Waals surface area contributed by atoms with E-state index in [0.29, 0.717) is 36.9 Å². The number of hydrogen-bond acceptors (Lipinski definition) is 4. The van der Waals surface area contributed by atoms with Crippen LogP contribution in [0, 0.1) is 5.92 Å². The number of aromatic nitrogens is 2. The number of halogens is 1. The number of nitrogens with two attached hydrogens (primary N) is 1. The van der Waals surface area contributed by atoms with Gasteiger partial charge in [-0.05, 0) is 48.7 Å². The molecule has 0 spiro atoms. The summed E-state index contributed by atoms with van der Waals surface area (Å²) in [5, 5.41) is 0.619. The molecule has 3 aromatic carbocycles. The van der Waals surface area contributed by atoms with E-state index in [1.807, 2.05) is 68.6 Å². The van der Waals surface area contributed by atoms with Gasteiger partial charge in [0.25, 0.3) is 0 Å². The zero-order valence-corrected chi connectivity index (χ0v) is 22.7. The van der Waals surface area contributed by atoms with Crippen molar-refractivity contribution < 1.29 is 8.42 Å². The Morgan fingerprint density at radius 1 is 0.973 bits per heavy atom. The van der Waals surface area contributed by atoms with E-state index in [1.165, 1.54) is 0 Å². The zero-order valence-electron chi connectivity index (χ0n) is 21.2. The first-order valence-electron chi connectivity index (χ1n) is 12.4. The van der Waals surface area contributed by atoms with Crippen LogP contribution in [0.25, 0.3) is 11.3 Å². The summed E-state index contributed by atoms with van der Waals surface area (Å²) in [6.45, 7) is 5.30. The van der Waals surface area contributed by atoms with Gasteiger partial charge < -0.3 is 10.3 Å². The van der Waals surface area contributed by atoms with Gasteiger partial charge in [0, 0.05) is 29.9 Å². The average molecular weight is 537 g/mol. The second kappa shape index (κ2) is 12.0. The molecule has 37 heavy (non-hydrogen) atoms. The molecular weight excluding hydrogens is 504 g/mol. The van der Waals surface area contributed by atoms with E-state index in [1.54, 1.807) is 28.6 Å². The lowest BCUT2D eigenvalue weighted by Crippen LogP contribution is -2.40. The maximum atomic E-state index is 14.0. The lowest BCUT2D eigenvalue weighted by molar-refractivity contribution is 0.244. The third-order valence-electron chi connectivity index (χ3n) is 6.26. The highest BCUT2D eigenvalue weighted by Crippen LogP contribution is 2.35. The Morgan fingerprint density at radius 3 is 2.27 bits per heavy atom. The maximum absolute atomic E-state index is 14.0. The summed E-state index contributed by atoms with van der Waals surface area (Å²) in [5.41, 5.74) is 8.57. The van der Waals surface area contributed by atoms with Gasteiger partial charge in [-0.2, -0.15) is 4.31 Å². The summed E-state index contributed by atoms with van der Waals surface area (Å²) in [4.78, 5) is 5.30. The van der Waals surface area contributed by atoms with Gasteiger partial charge in [-0.1, -0.05) is 86.1 Å². The highest BCUT2D eigenvalue weighted by Gasteiger charge is 2.37. The van der Waals surface area contributed by atoms with Crippen LogP contribution in [-0.4, -0.2) is 35.4 Å². The first-order chi connectivity index (χ1) is 17.8. The molecular formula is C29H33ClN4O2S. The number of sulfonamides is 1. The standard InChI is InChI=1S/C29H33ClN4O2S/c1-22(2)28(34(18-10-17-31)37(35,36)26-15-7-4-8-16-26)29-32-27(24-13-9-14-25(30)19-24)21-33(29)20-23-11-5-3-6-12-23/h3-9,11-16,19,21-22,28H,10,17-18,20,31H2,1-2H3/t28-/m1/s1. The van der Waals surface area contributed by atoms with Crippen molar-refractivity contribution in [3.63, 3.8) is 0 Å². The number of rotatable bonds is 11. The molecule has 0 aliphatic heterocycles. The van der Waals surface area contributed by atoms with Crippen molar-refractivity contribution >= 4 is 21.6 Å². The lowest BCUT2D eigenvalue weighted by atomic mass is 10.0. The van der Waals surface area contributed by atoms with Crippen LogP contribution in [0.3, 0.4) is 0 Å². The maximum Gasteiger partial charge on any atom is 0.243 e. The van der Waals surface area contributed by atoms with Crippen molar-refractivity contribution in [1.82, 2.24) is 13.9 Å². The van der Waals surface area contributed by atoms with E-state index >= 15 is 0 Å². The SMILES string of the molecule is CC(C)[C@H](c1nc(-c2cccc(Cl)c2)cn1Cc1ccccc1)N(CCCN)S(=O)(=O)c1ccccc1. The molecule has 0 unspecified atom stereocenters. The van der Waals surface area contributed by atoms with Gasteiger partial charge in [0.2, 0.25) is 10.0 Å². The van der Waals surface area contributed by atoms with Gasteiger partial charge in [0.1, 0.15) is 5.82 Å². The molecule has 0 fully saturated rings. The van der Waals surface area contributed by atoms with E-state index < -0.39 is 16.1 Å². The zero-order chi connectivity index (χ0) is 26.4. The fourth-order valence-corrected chi connectivity index (χ4v) is 6.47. The number of imidazole rings is 1. The predicted octanol–water partition coefficient (Wildman–Crippen LogP) is 5.99. The van der Waals surface area contributed by atoms with E-state index in [0.717, 1.165) is 16.8 Å². The van der Waals surface area contributed by atoms with Crippen LogP contribution < -0.4 is 5.73 Å². The Hall–Kier alpha value is -2.97. The Kier molecular flexibility index (Phi) is 8.82. The van der Waals surface area contributed by atoms with Crippen molar-refractivity contribution in [2.75, 3.05) is 13.1 Å². The van der Waals surface area contributed by atoms with Crippen molar-refractivity contribution in [3.05, 3.63) is 108 Å². The molecule has 0 amide bonds. The van der Waals surface area contributed by atoms with Gasteiger partial charge >= 0.3 is 0 Å². The Bertz CT molecular complexity index is 1410. The molecule has 1 heterocycles. The minimum Gasteiger partial charge on any atom is -0.330 e. The van der Waals surface area contributed by atoms with Crippen LogP contribution in [0.5, 0.6) is 0 Å². The highest BCUT2D eigenvalue weighted by atomic mass is 35.5. The first kappa shape index (κ1) is 27.1. The molecule has 0 saturated carbocycles. The van der Waals surface area contributed by atoms with Gasteiger partial charge in [0.05, 0.1) is 16.6 Å². The minimum atomic E-state index is -3.81. The molecule has 4 aromatic rings. The second-order valence-electron chi connectivity index (χ2n) is 9.37. The Balaban J connectivity index is 1.88. The molecule has 0 saturated heterocycles. The fourth-order valence-electron chi connectivity index (χ4n) is 4.50. The third kappa shape index (κ3) is 6.30. The molecule has 2 N–H and O–H groups in total. The summed E-state index contributed by atoms with van der Waals surface area (Å²) in [6, 6.07) is 25.7. The molecule has 8 heteroatoms. The number of benzene rings is 3. The molecule has 1 atom stereocenters. The monoisotopic (exact) mass is 536 g/mol. The van der Waals surface area contributed by atoms with Crippen LogP contribution in [0.1, 0.15) is 37.7 Å².